The summed E-state index contributed by atoms with van der Waals surface area (Å²) in [5.74, 6) is -0.344. The van der Waals surface area contributed by atoms with Gasteiger partial charge in [0, 0.05) is 13.0 Å². The zero-order valence-electron chi connectivity index (χ0n) is 9.80. The Morgan fingerprint density at radius 3 is 3.00 bits per heavy atom. The number of carbonyl (C=O) groups excluding carboxylic acids is 2. The second kappa shape index (κ2) is 5.05. The summed E-state index contributed by atoms with van der Waals surface area (Å²) in [4.78, 5) is 23.0. The van der Waals surface area contributed by atoms with Crippen LogP contribution in [0, 0.1) is 0 Å². The number of carbonyl (C=O) groups is 2. The highest BCUT2D eigenvalue weighted by Crippen LogP contribution is 2.31. The van der Waals surface area contributed by atoms with Gasteiger partial charge in [0.05, 0.1) is 18.4 Å². The quantitative estimate of drug-likeness (QED) is 0.766. The van der Waals surface area contributed by atoms with Gasteiger partial charge >= 0.3 is 5.97 Å². The molecule has 1 aromatic rings. The molecule has 96 valence electrons. The molecule has 0 aromatic heterocycles. The lowest BCUT2D eigenvalue weighted by atomic mass is 10.1. The van der Waals surface area contributed by atoms with Gasteiger partial charge in [0.1, 0.15) is 5.75 Å². The minimum Gasteiger partial charge on any atom is -0.478 e. The van der Waals surface area contributed by atoms with Crippen LogP contribution in [0.2, 0.25) is 0 Å². The average Bonchev–Trinajstić information content (AvgIpc) is 2.38. The fourth-order valence-electron chi connectivity index (χ4n) is 1.70. The first kappa shape index (κ1) is 12.4. The van der Waals surface area contributed by atoms with E-state index in [1.165, 1.54) is 13.2 Å². The largest absolute Gasteiger partial charge is 0.478 e. The van der Waals surface area contributed by atoms with E-state index in [2.05, 4.69) is 10.1 Å². The number of ether oxygens (including phenoxy) is 2. The van der Waals surface area contributed by atoms with Gasteiger partial charge in [0.2, 0.25) is 0 Å². The number of rotatable bonds is 3. The monoisotopic (exact) mass is 251 g/mol. The van der Waals surface area contributed by atoms with Gasteiger partial charge in [-0.25, -0.2) is 4.79 Å². The van der Waals surface area contributed by atoms with Crippen molar-refractivity contribution in [3.8, 4) is 5.75 Å². The molecule has 1 atom stereocenters. The van der Waals surface area contributed by atoms with E-state index < -0.39 is 12.1 Å². The molecule has 18 heavy (non-hydrogen) atoms. The van der Waals surface area contributed by atoms with Crippen LogP contribution in [0.5, 0.6) is 5.75 Å². The number of nitrogens with one attached hydrogen (secondary N) is 1. The molecule has 6 nitrogen and oxygen atoms in total. The molecule has 6 heteroatoms. The minimum atomic E-state index is -0.702. The zero-order chi connectivity index (χ0) is 13.1. The van der Waals surface area contributed by atoms with Crippen LogP contribution in [-0.2, 0) is 9.53 Å². The van der Waals surface area contributed by atoms with Gasteiger partial charge in [-0.1, -0.05) is 0 Å². The molecule has 0 saturated carbocycles. The Balaban J connectivity index is 2.26. The van der Waals surface area contributed by atoms with E-state index in [1.54, 1.807) is 12.1 Å². The lowest BCUT2D eigenvalue weighted by Crippen LogP contribution is -2.37. The van der Waals surface area contributed by atoms with Crippen LogP contribution in [0.1, 0.15) is 16.8 Å². The summed E-state index contributed by atoms with van der Waals surface area (Å²) in [6.07, 6.45) is -0.476. The standard InChI is InChI=1S/C12H13NO5/c1-17-12(16)7-2-3-9-8(6-7)13-11(15)10(18-9)4-5-14/h2-3,6,10,14H,4-5H2,1H3,(H,13,15). The Morgan fingerprint density at radius 2 is 2.33 bits per heavy atom. The first-order chi connectivity index (χ1) is 8.65. The second-order valence-electron chi connectivity index (χ2n) is 3.81. The molecule has 0 radical (unpaired) electrons. The molecule has 1 aliphatic heterocycles. The van der Waals surface area contributed by atoms with E-state index in [4.69, 9.17) is 9.84 Å². The topological polar surface area (TPSA) is 84.9 Å². The number of fused-ring (bicyclic) bond motifs is 1. The molecule has 0 aliphatic carbocycles. The number of benzene rings is 1. The molecule has 1 heterocycles. The third-order valence-corrected chi connectivity index (χ3v) is 2.61. The maximum Gasteiger partial charge on any atom is 0.337 e. The van der Waals surface area contributed by atoms with E-state index in [0.717, 1.165) is 0 Å². The lowest BCUT2D eigenvalue weighted by molar-refractivity contribution is -0.124. The van der Waals surface area contributed by atoms with E-state index in [0.29, 0.717) is 17.0 Å². The summed E-state index contributed by atoms with van der Waals surface area (Å²) in [6, 6.07) is 4.64. The molecule has 1 aromatic carbocycles. The Labute approximate surface area is 104 Å². The molecule has 0 saturated heterocycles. The third kappa shape index (κ3) is 2.28. The highest BCUT2D eigenvalue weighted by atomic mass is 16.5. The highest BCUT2D eigenvalue weighted by Gasteiger charge is 2.27. The van der Waals surface area contributed by atoms with Crippen molar-refractivity contribution in [2.75, 3.05) is 19.0 Å². The lowest BCUT2D eigenvalue weighted by Gasteiger charge is -2.25. The number of hydrogen-bond acceptors (Lipinski definition) is 5. The van der Waals surface area contributed by atoms with Crippen LogP contribution in [0.15, 0.2) is 18.2 Å². The Morgan fingerprint density at radius 1 is 1.56 bits per heavy atom. The first-order valence-electron chi connectivity index (χ1n) is 5.46. The van der Waals surface area contributed by atoms with E-state index in [-0.39, 0.29) is 18.9 Å². The third-order valence-electron chi connectivity index (χ3n) is 2.61. The van der Waals surface area contributed by atoms with Crippen molar-refractivity contribution in [3.05, 3.63) is 23.8 Å². The van der Waals surface area contributed by atoms with Crippen molar-refractivity contribution >= 4 is 17.6 Å². The Bertz CT molecular complexity index is 485. The second-order valence-corrected chi connectivity index (χ2v) is 3.81. The van der Waals surface area contributed by atoms with E-state index in [1.807, 2.05) is 0 Å². The molecule has 0 spiro atoms. The zero-order valence-corrected chi connectivity index (χ0v) is 9.80. The van der Waals surface area contributed by atoms with Crippen LogP contribution >= 0.6 is 0 Å². The number of hydrogen-bond donors (Lipinski definition) is 2. The fourth-order valence-corrected chi connectivity index (χ4v) is 1.70. The molecule has 1 aliphatic rings. The van der Waals surface area contributed by atoms with Crippen molar-refractivity contribution in [1.29, 1.82) is 0 Å². The molecule has 1 amide bonds. The first-order valence-corrected chi connectivity index (χ1v) is 5.46. The smallest absolute Gasteiger partial charge is 0.337 e. The number of anilines is 1. The number of esters is 1. The van der Waals surface area contributed by atoms with Crippen LogP contribution in [0.25, 0.3) is 0 Å². The van der Waals surface area contributed by atoms with Crippen LogP contribution in [0.3, 0.4) is 0 Å². The van der Waals surface area contributed by atoms with Gasteiger partial charge in [-0.15, -0.1) is 0 Å². The van der Waals surface area contributed by atoms with Gasteiger partial charge < -0.3 is 19.9 Å². The van der Waals surface area contributed by atoms with Gasteiger partial charge in [0.25, 0.3) is 5.91 Å². The molecule has 2 N–H and O–H groups in total. The maximum absolute atomic E-state index is 11.6. The highest BCUT2D eigenvalue weighted by molar-refractivity contribution is 5.99. The number of methoxy groups -OCH3 is 1. The van der Waals surface area contributed by atoms with Crippen molar-refractivity contribution in [3.63, 3.8) is 0 Å². The normalized spacial score (nSPS) is 17.4. The summed E-state index contributed by atoms with van der Waals surface area (Å²) in [5.41, 5.74) is 0.762. The number of aliphatic hydroxyl groups is 1. The molecular formula is C12H13NO5. The summed E-state index contributed by atoms with van der Waals surface area (Å²) in [7, 11) is 1.29. The van der Waals surface area contributed by atoms with Crippen LogP contribution in [0.4, 0.5) is 5.69 Å². The predicted molar refractivity (Wildman–Crippen MR) is 62.5 cm³/mol. The predicted octanol–water partition coefficient (Wildman–Crippen LogP) is 0.555. The van der Waals surface area contributed by atoms with Crippen molar-refractivity contribution in [1.82, 2.24) is 0 Å². The van der Waals surface area contributed by atoms with Crippen molar-refractivity contribution in [2.45, 2.75) is 12.5 Å². The SMILES string of the molecule is COC(=O)c1ccc2c(c1)NC(=O)C(CCO)O2. The molecule has 2 rings (SSSR count). The van der Waals surface area contributed by atoms with Gasteiger partial charge in [-0.3, -0.25) is 4.79 Å². The van der Waals surface area contributed by atoms with Gasteiger partial charge in [0.15, 0.2) is 6.10 Å². The Hall–Kier alpha value is -2.08. The summed E-state index contributed by atoms with van der Waals surface area (Å²) in [6.45, 7) is -0.131. The van der Waals surface area contributed by atoms with Gasteiger partial charge in [-0.05, 0) is 18.2 Å². The summed E-state index contributed by atoms with van der Waals surface area (Å²) < 4.78 is 10.0. The van der Waals surface area contributed by atoms with Gasteiger partial charge in [-0.2, -0.15) is 0 Å². The number of aliphatic hydroxyl groups excluding tert-OH is 1. The van der Waals surface area contributed by atoms with Crippen molar-refractivity contribution in [2.24, 2.45) is 0 Å². The molecule has 0 fully saturated rings. The minimum absolute atomic E-state index is 0.131. The van der Waals surface area contributed by atoms with Crippen LogP contribution < -0.4 is 10.1 Å². The molecule has 0 bridgehead atoms. The number of amides is 1. The average molecular weight is 251 g/mol. The molecule has 1 unspecified atom stereocenters. The Kier molecular flexibility index (Phi) is 3.47. The van der Waals surface area contributed by atoms with Crippen molar-refractivity contribution < 1.29 is 24.2 Å². The van der Waals surface area contributed by atoms with E-state index >= 15 is 0 Å². The summed E-state index contributed by atoms with van der Waals surface area (Å²) >= 11 is 0. The summed E-state index contributed by atoms with van der Waals surface area (Å²) in [5, 5.41) is 11.4. The fraction of sp³-hybridized carbons (Fsp3) is 0.333. The maximum atomic E-state index is 11.6. The van der Waals surface area contributed by atoms with E-state index in [9.17, 15) is 9.59 Å². The van der Waals surface area contributed by atoms with Crippen LogP contribution in [-0.4, -0.2) is 36.8 Å². The molecular weight excluding hydrogens is 238 g/mol.